The summed E-state index contributed by atoms with van der Waals surface area (Å²) in [4.78, 5) is 33.8. The lowest BCUT2D eigenvalue weighted by atomic mass is 9.88. The highest BCUT2D eigenvalue weighted by Crippen LogP contribution is 2.24. The Morgan fingerprint density at radius 2 is 1.78 bits per heavy atom. The summed E-state index contributed by atoms with van der Waals surface area (Å²) in [5.74, 6) is -2.23. The minimum atomic E-state index is -3.90. The molecule has 0 aromatic rings. The molecular weight excluding hydrogens is 382 g/mol. The van der Waals surface area contributed by atoms with Crippen molar-refractivity contribution in [1.29, 1.82) is 0 Å². The molecule has 0 aliphatic rings. The van der Waals surface area contributed by atoms with Crippen LogP contribution in [0.15, 0.2) is 0 Å². The van der Waals surface area contributed by atoms with Crippen molar-refractivity contribution in [2.45, 2.75) is 59.9 Å². The number of ether oxygens (including phenoxy) is 2. The van der Waals surface area contributed by atoms with Crippen LogP contribution in [0.25, 0.3) is 0 Å². The SMILES string of the molecule is CCC(=O)OC(C)OC(=O)[C@H](O)C(C)(C)COS(=O)(=O)CCCNC(C)=O. The summed E-state index contributed by atoms with van der Waals surface area (Å²) < 4.78 is 38.2. The van der Waals surface area contributed by atoms with Crippen molar-refractivity contribution in [2.24, 2.45) is 5.41 Å². The van der Waals surface area contributed by atoms with Crippen molar-refractivity contribution in [3.05, 3.63) is 0 Å². The van der Waals surface area contributed by atoms with Gasteiger partial charge in [0.25, 0.3) is 10.1 Å². The van der Waals surface area contributed by atoms with E-state index < -0.39 is 46.5 Å². The van der Waals surface area contributed by atoms with Crippen LogP contribution in [0.1, 0.15) is 47.5 Å². The first-order valence-corrected chi connectivity index (χ1v) is 10.1. The van der Waals surface area contributed by atoms with E-state index in [0.29, 0.717) is 0 Å². The van der Waals surface area contributed by atoms with Crippen LogP contribution in [0.5, 0.6) is 0 Å². The van der Waals surface area contributed by atoms with E-state index in [-0.39, 0.29) is 31.0 Å². The summed E-state index contributed by atoms with van der Waals surface area (Å²) in [5.41, 5.74) is -1.28. The maximum absolute atomic E-state index is 12.0. The molecule has 0 aliphatic carbocycles. The molecule has 0 rings (SSSR count). The fraction of sp³-hybridized carbons (Fsp3) is 0.812. The quantitative estimate of drug-likeness (QED) is 0.197. The van der Waals surface area contributed by atoms with Gasteiger partial charge in [-0.05, 0) is 6.42 Å². The maximum atomic E-state index is 12.0. The molecule has 0 fully saturated rings. The summed E-state index contributed by atoms with van der Waals surface area (Å²) in [7, 11) is -3.90. The molecule has 2 N–H and O–H groups in total. The van der Waals surface area contributed by atoms with Crippen molar-refractivity contribution in [3.8, 4) is 0 Å². The van der Waals surface area contributed by atoms with Gasteiger partial charge in [-0.25, -0.2) is 4.79 Å². The number of aliphatic hydroxyl groups is 1. The molecule has 0 heterocycles. The zero-order valence-electron chi connectivity index (χ0n) is 16.3. The van der Waals surface area contributed by atoms with Crippen molar-refractivity contribution >= 4 is 28.0 Å². The molecule has 0 saturated heterocycles. The van der Waals surface area contributed by atoms with Crippen LogP contribution in [0, 0.1) is 5.41 Å². The van der Waals surface area contributed by atoms with Gasteiger partial charge in [0.2, 0.25) is 12.2 Å². The second kappa shape index (κ2) is 11.2. The van der Waals surface area contributed by atoms with Gasteiger partial charge in [-0.3, -0.25) is 13.8 Å². The maximum Gasteiger partial charge on any atom is 0.338 e. The van der Waals surface area contributed by atoms with E-state index in [1.54, 1.807) is 6.92 Å². The van der Waals surface area contributed by atoms with Crippen molar-refractivity contribution in [3.63, 3.8) is 0 Å². The highest BCUT2D eigenvalue weighted by atomic mass is 32.2. The summed E-state index contributed by atoms with van der Waals surface area (Å²) in [5, 5.41) is 12.6. The third kappa shape index (κ3) is 10.9. The average molecular weight is 411 g/mol. The van der Waals surface area contributed by atoms with Crippen LogP contribution >= 0.6 is 0 Å². The van der Waals surface area contributed by atoms with Gasteiger partial charge < -0.3 is 19.9 Å². The summed E-state index contributed by atoms with van der Waals surface area (Å²) in [6, 6.07) is 0. The van der Waals surface area contributed by atoms with E-state index in [4.69, 9.17) is 13.7 Å². The standard InChI is InChI=1S/C16H29NO9S/c1-6-13(19)25-12(3)26-15(21)14(20)16(4,5)10-24-27(22,23)9-7-8-17-11(2)18/h12,14,20H,6-10H2,1-5H3,(H,17,18)/t12?,14-/m0/s1. The molecule has 0 aromatic heterocycles. The summed E-state index contributed by atoms with van der Waals surface area (Å²) in [6.45, 7) is 6.78. The van der Waals surface area contributed by atoms with E-state index in [1.807, 2.05) is 0 Å². The fourth-order valence-electron chi connectivity index (χ4n) is 1.73. The van der Waals surface area contributed by atoms with Gasteiger partial charge in [-0.1, -0.05) is 20.8 Å². The van der Waals surface area contributed by atoms with Gasteiger partial charge in [0.15, 0.2) is 6.10 Å². The van der Waals surface area contributed by atoms with E-state index in [9.17, 15) is 27.9 Å². The van der Waals surface area contributed by atoms with E-state index >= 15 is 0 Å². The van der Waals surface area contributed by atoms with E-state index in [2.05, 4.69) is 5.32 Å². The van der Waals surface area contributed by atoms with Crippen LogP contribution in [0.4, 0.5) is 0 Å². The second-order valence-corrected chi connectivity index (χ2v) is 8.36. The van der Waals surface area contributed by atoms with Crippen molar-refractivity contribution in [2.75, 3.05) is 18.9 Å². The lowest BCUT2D eigenvalue weighted by molar-refractivity contribution is -0.194. The Morgan fingerprint density at radius 3 is 2.30 bits per heavy atom. The average Bonchev–Trinajstić information content (AvgIpc) is 2.56. The number of hydrogen-bond acceptors (Lipinski definition) is 9. The topological polar surface area (TPSA) is 145 Å². The van der Waals surface area contributed by atoms with Crippen LogP contribution in [0.3, 0.4) is 0 Å². The molecule has 11 heteroatoms. The van der Waals surface area contributed by atoms with Gasteiger partial charge in [-0.15, -0.1) is 0 Å². The molecule has 0 radical (unpaired) electrons. The van der Waals surface area contributed by atoms with Crippen LogP contribution in [-0.4, -0.2) is 62.7 Å². The molecule has 158 valence electrons. The molecule has 1 unspecified atom stereocenters. The monoisotopic (exact) mass is 411 g/mol. The summed E-state index contributed by atoms with van der Waals surface area (Å²) in [6.07, 6.45) is -2.62. The molecule has 0 spiro atoms. The third-order valence-electron chi connectivity index (χ3n) is 3.39. The Morgan fingerprint density at radius 1 is 1.19 bits per heavy atom. The number of rotatable bonds is 12. The number of hydrogen-bond donors (Lipinski definition) is 2. The Balaban J connectivity index is 4.55. The fourth-order valence-corrected chi connectivity index (χ4v) is 2.83. The highest BCUT2D eigenvalue weighted by Gasteiger charge is 2.37. The first-order valence-electron chi connectivity index (χ1n) is 8.50. The molecule has 0 bridgehead atoms. The van der Waals surface area contributed by atoms with Crippen molar-refractivity contribution in [1.82, 2.24) is 5.32 Å². The zero-order chi connectivity index (χ0) is 21.3. The van der Waals surface area contributed by atoms with Crippen LogP contribution in [-0.2, 0) is 38.2 Å². The molecule has 1 amide bonds. The molecule has 2 atom stereocenters. The number of carbonyl (C=O) groups excluding carboxylic acids is 3. The number of amides is 1. The lowest BCUT2D eigenvalue weighted by Crippen LogP contribution is -2.43. The van der Waals surface area contributed by atoms with Gasteiger partial charge in [0.05, 0.1) is 12.4 Å². The smallest absolute Gasteiger partial charge is 0.338 e. The van der Waals surface area contributed by atoms with Gasteiger partial charge >= 0.3 is 11.9 Å². The normalized spacial score (nSPS) is 14.1. The van der Waals surface area contributed by atoms with Crippen LogP contribution < -0.4 is 5.32 Å². The third-order valence-corrected chi connectivity index (χ3v) is 4.65. The molecule has 0 aliphatic heterocycles. The summed E-state index contributed by atoms with van der Waals surface area (Å²) >= 11 is 0. The molecule has 10 nitrogen and oxygen atoms in total. The zero-order valence-corrected chi connectivity index (χ0v) is 17.1. The van der Waals surface area contributed by atoms with E-state index in [0.717, 1.165) is 0 Å². The van der Waals surface area contributed by atoms with Crippen LogP contribution in [0.2, 0.25) is 0 Å². The Kier molecular flexibility index (Phi) is 10.5. The Hall–Kier alpha value is -1.72. The minimum absolute atomic E-state index is 0.101. The Labute approximate surface area is 159 Å². The predicted octanol–water partition coefficient (Wildman–Crippen LogP) is 0.0885. The van der Waals surface area contributed by atoms with Crippen molar-refractivity contribution < 1.29 is 41.6 Å². The lowest BCUT2D eigenvalue weighted by Gasteiger charge is -2.29. The first kappa shape index (κ1) is 25.3. The van der Waals surface area contributed by atoms with Gasteiger partial charge in [-0.2, -0.15) is 8.42 Å². The predicted molar refractivity (Wildman–Crippen MR) is 94.8 cm³/mol. The van der Waals surface area contributed by atoms with Gasteiger partial charge in [0.1, 0.15) is 0 Å². The largest absolute Gasteiger partial charge is 0.425 e. The minimum Gasteiger partial charge on any atom is -0.425 e. The Bertz CT molecular complexity index is 615. The molecular formula is C16H29NO9S. The van der Waals surface area contributed by atoms with E-state index in [1.165, 1.54) is 27.7 Å². The first-order chi connectivity index (χ1) is 12.3. The molecule has 0 aromatic carbocycles. The molecule has 0 saturated carbocycles. The number of carbonyl (C=O) groups is 3. The molecule has 27 heavy (non-hydrogen) atoms. The highest BCUT2D eigenvalue weighted by molar-refractivity contribution is 7.86. The van der Waals surface area contributed by atoms with Gasteiger partial charge in [0, 0.05) is 32.2 Å². The number of nitrogens with one attached hydrogen (secondary N) is 1. The second-order valence-electron chi connectivity index (χ2n) is 6.60. The number of aliphatic hydroxyl groups excluding tert-OH is 1. The number of esters is 2.